The maximum Gasteiger partial charge on any atom is 0.270 e. The van der Waals surface area contributed by atoms with E-state index in [9.17, 15) is 4.79 Å². The molecule has 0 aliphatic rings. The van der Waals surface area contributed by atoms with Gasteiger partial charge in [-0.2, -0.15) is 0 Å². The van der Waals surface area contributed by atoms with Crippen LogP contribution in [-0.2, 0) is 5.75 Å². The fourth-order valence-electron chi connectivity index (χ4n) is 3.26. The summed E-state index contributed by atoms with van der Waals surface area (Å²) >= 11 is 15.6. The Balaban J connectivity index is 1.49. The first-order chi connectivity index (χ1) is 16.6. The molecule has 0 fully saturated rings. The minimum absolute atomic E-state index is 0.141. The van der Waals surface area contributed by atoms with E-state index in [-0.39, 0.29) is 5.91 Å². The van der Waals surface area contributed by atoms with E-state index < -0.39 is 0 Å². The molecule has 1 amide bonds. The van der Waals surface area contributed by atoms with E-state index >= 15 is 0 Å². The number of carbonyl (C=O) groups excluding carboxylic acids is 1. The van der Waals surface area contributed by atoms with Gasteiger partial charge in [-0.05, 0) is 36.8 Å². The van der Waals surface area contributed by atoms with Crippen LogP contribution in [0.25, 0.3) is 17.3 Å². The van der Waals surface area contributed by atoms with Crippen LogP contribution in [0, 0.1) is 0 Å². The zero-order chi connectivity index (χ0) is 23.9. The average molecular weight is 537 g/mol. The van der Waals surface area contributed by atoms with Crippen molar-refractivity contribution in [2.75, 3.05) is 6.54 Å². The van der Waals surface area contributed by atoms with E-state index in [4.69, 9.17) is 27.6 Å². The highest BCUT2D eigenvalue weighted by Gasteiger charge is 2.21. The molecule has 178 valence electrons. The number of aromatic nitrogens is 4. The lowest BCUT2D eigenvalue weighted by Gasteiger charge is -2.11. The number of unbranched alkanes of at least 4 members (excludes halogenated alkanes) is 3. The monoisotopic (exact) mass is 535 g/mol. The van der Waals surface area contributed by atoms with Crippen LogP contribution >= 0.6 is 46.3 Å². The van der Waals surface area contributed by atoms with Crippen molar-refractivity contribution in [3.63, 3.8) is 0 Å². The van der Waals surface area contributed by atoms with Crippen molar-refractivity contribution >= 4 is 52.2 Å². The molecule has 0 radical (unpaired) electrons. The van der Waals surface area contributed by atoms with Crippen molar-refractivity contribution in [3.8, 4) is 17.3 Å². The van der Waals surface area contributed by atoms with Gasteiger partial charge < -0.3 is 9.73 Å². The fraction of sp³-hybridized carbons (Fsp3) is 0.304. The Bertz CT molecular complexity index is 1240. The van der Waals surface area contributed by atoms with Crippen molar-refractivity contribution in [3.05, 3.63) is 62.7 Å². The standard InChI is InChI=1S/C23H23Cl2N5O2S2/c1-2-3-4-5-10-26-22(31)17-13-33-20(27-17)14-34-23-29-28-21(19-7-6-11-32-19)30(23)18-12-15(24)8-9-16(18)25/h6-9,11-13H,2-5,10,14H2,1H3,(H,26,31). The summed E-state index contributed by atoms with van der Waals surface area (Å²) < 4.78 is 7.36. The third kappa shape index (κ3) is 6.02. The van der Waals surface area contributed by atoms with Crippen molar-refractivity contribution in [1.82, 2.24) is 25.1 Å². The predicted octanol–water partition coefficient (Wildman–Crippen LogP) is 6.89. The van der Waals surface area contributed by atoms with Gasteiger partial charge in [0.2, 0.25) is 5.82 Å². The van der Waals surface area contributed by atoms with Gasteiger partial charge in [0.05, 0.1) is 22.7 Å². The number of amides is 1. The summed E-state index contributed by atoms with van der Waals surface area (Å²) in [5, 5.41) is 15.9. The average Bonchev–Trinajstić information content (AvgIpc) is 3.59. The quantitative estimate of drug-likeness (QED) is 0.166. The smallest absolute Gasteiger partial charge is 0.270 e. The molecule has 0 saturated heterocycles. The number of rotatable bonds is 11. The Kier molecular flexibility index (Phi) is 8.66. The summed E-state index contributed by atoms with van der Waals surface area (Å²) in [6, 6.07) is 8.81. The number of hydrogen-bond donors (Lipinski definition) is 1. The molecule has 0 aliphatic heterocycles. The fourth-order valence-corrected chi connectivity index (χ4v) is 5.36. The van der Waals surface area contributed by atoms with E-state index in [1.54, 1.807) is 42.0 Å². The molecule has 0 spiro atoms. The van der Waals surface area contributed by atoms with Crippen molar-refractivity contribution in [2.45, 2.75) is 43.5 Å². The van der Waals surface area contributed by atoms with Crippen LogP contribution in [0.5, 0.6) is 0 Å². The Morgan fingerprint density at radius 2 is 2.09 bits per heavy atom. The topological polar surface area (TPSA) is 85.8 Å². The second-order valence-corrected chi connectivity index (χ2v) is 10.2. The van der Waals surface area contributed by atoms with Gasteiger partial charge in [0, 0.05) is 16.9 Å². The molecule has 0 bridgehead atoms. The summed E-state index contributed by atoms with van der Waals surface area (Å²) in [4.78, 5) is 16.9. The Morgan fingerprint density at radius 1 is 1.21 bits per heavy atom. The van der Waals surface area contributed by atoms with Crippen molar-refractivity contribution in [1.29, 1.82) is 0 Å². The molecule has 1 aromatic carbocycles. The van der Waals surface area contributed by atoms with Crippen LogP contribution < -0.4 is 5.32 Å². The third-order valence-corrected chi connectivity index (χ3v) is 7.48. The number of thioether (sulfide) groups is 1. The first-order valence-electron chi connectivity index (χ1n) is 10.9. The minimum atomic E-state index is -0.141. The Morgan fingerprint density at radius 3 is 2.88 bits per heavy atom. The van der Waals surface area contributed by atoms with Crippen LogP contribution in [0.3, 0.4) is 0 Å². The largest absolute Gasteiger partial charge is 0.461 e. The lowest BCUT2D eigenvalue weighted by molar-refractivity contribution is 0.0948. The molecule has 3 heterocycles. The molecule has 7 nitrogen and oxygen atoms in total. The lowest BCUT2D eigenvalue weighted by Crippen LogP contribution is -2.24. The maximum absolute atomic E-state index is 12.4. The molecule has 1 N–H and O–H groups in total. The van der Waals surface area contributed by atoms with Gasteiger partial charge in [-0.15, -0.1) is 21.5 Å². The molecule has 0 atom stereocenters. The molecule has 3 aromatic heterocycles. The molecule has 11 heteroatoms. The molecule has 34 heavy (non-hydrogen) atoms. The summed E-state index contributed by atoms with van der Waals surface area (Å²) in [6.07, 6.45) is 6.02. The highest BCUT2D eigenvalue weighted by Crippen LogP contribution is 2.34. The van der Waals surface area contributed by atoms with Crippen LogP contribution in [0.4, 0.5) is 0 Å². The van der Waals surface area contributed by atoms with Gasteiger partial charge >= 0.3 is 0 Å². The maximum atomic E-state index is 12.4. The Labute approximate surface area is 215 Å². The third-order valence-electron chi connectivity index (χ3n) is 4.95. The number of nitrogens with zero attached hydrogens (tertiary/aromatic N) is 4. The number of nitrogens with one attached hydrogen (secondary N) is 1. The van der Waals surface area contributed by atoms with Crippen LogP contribution in [0.2, 0.25) is 10.0 Å². The van der Waals surface area contributed by atoms with Gasteiger partial charge in [0.1, 0.15) is 10.7 Å². The molecule has 4 rings (SSSR count). The first-order valence-corrected chi connectivity index (χ1v) is 13.5. The van der Waals surface area contributed by atoms with Crippen molar-refractivity contribution < 1.29 is 9.21 Å². The lowest BCUT2D eigenvalue weighted by atomic mass is 10.2. The first kappa shape index (κ1) is 24.8. The molecule has 0 saturated carbocycles. The highest BCUT2D eigenvalue weighted by molar-refractivity contribution is 7.98. The zero-order valence-electron chi connectivity index (χ0n) is 18.5. The van der Waals surface area contributed by atoms with Crippen LogP contribution in [-0.4, -0.2) is 32.2 Å². The summed E-state index contributed by atoms with van der Waals surface area (Å²) in [5.41, 5.74) is 1.09. The number of halogens is 2. The molecule has 4 aromatic rings. The zero-order valence-corrected chi connectivity index (χ0v) is 21.6. The second kappa shape index (κ2) is 11.9. The molecular formula is C23H23Cl2N5O2S2. The number of hydrogen-bond acceptors (Lipinski definition) is 7. The van der Waals surface area contributed by atoms with Gasteiger partial charge in [0.25, 0.3) is 5.91 Å². The minimum Gasteiger partial charge on any atom is -0.461 e. The van der Waals surface area contributed by atoms with Crippen LogP contribution in [0.15, 0.2) is 51.5 Å². The summed E-state index contributed by atoms with van der Waals surface area (Å²) in [5.74, 6) is 1.45. The molecular weight excluding hydrogens is 513 g/mol. The highest BCUT2D eigenvalue weighted by atomic mass is 35.5. The number of benzene rings is 1. The number of thiazole rings is 1. The van der Waals surface area contributed by atoms with E-state index in [0.717, 1.165) is 17.8 Å². The molecule has 0 unspecified atom stereocenters. The van der Waals surface area contributed by atoms with E-state index in [1.807, 2.05) is 4.57 Å². The van der Waals surface area contributed by atoms with Gasteiger partial charge in [-0.3, -0.25) is 9.36 Å². The number of furan rings is 1. The Hall–Kier alpha value is -2.33. The number of carbonyl (C=O) groups is 1. The van der Waals surface area contributed by atoms with Crippen LogP contribution in [0.1, 0.15) is 48.1 Å². The van der Waals surface area contributed by atoms with E-state index in [2.05, 4.69) is 27.4 Å². The summed E-state index contributed by atoms with van der Waals surface area (Å²) in [7, 11) is 0. The van der Waals surface area contributed by atoms with Crippen molar-refractivity contribution in [2.24, 2.45) is 0 Å². The normalized spacial score (nSPS) is 11.1. The predicted molar refractivity (Wildman–Crippen MR) is 137 cm³/mol. The SMILES string of the molecule is CCCCCCNC(=O)c1csc(CSc2nnc(-c3ccco3)n2-c2cc(Cl)ccc2Cl)n1. The summed E-state index contributed by atoms with van der Waals surface area (Å²) in [6.45, 7) is 2.83. The van der Waals surface area contributed by atoms with Gasteiger partial charge in [0.15, 0.2) is 10.9 Å². The second-order valence-electron chi connectivity index (χ2n) is 7.45. The van der Waals surface area contributed by atoms with Gasteiger partial charge in [-0.1, -0.05) is 61.1 Å². The van der Waals surface area contributed by atoms with E-state index in [0.29, 0.717) is 50.5 Å². The van der Waals surface area contributed by atoms with Gasteiger partial charge in [-0.25, -0.2) is 4.98 Å². The van der Waals surface area contributed by atoms with E-state index in [1.165, 1.54) is 35.9 Å². The molecule has 0 aliphatic carbocycles.